The van der Waals surface area contributed by atoms with E-state index in [2.05, 4.69) is 30.6 Å². The molecule has 30 heavy (non-hydrogen) atoms. The van der Waals surface area contributed by atoms with Gasteiger partial charge in [-0.2, -0.15) is 18.3 Å². The molecule has 0 atom stereocenters. The minimum absolute atomic E-state index is 0.135. The van der Waals surface area contributed by atoms with Gasteiger partial charge in [0.15, 0.2) is 0 Å². The van der Waals surface area contributed by atoms with E-state index < -0.39 is 11.9 Å². The Hall–Kier alpha value is -3.76. The Morgan fingerprint density at radius 3 is 2.67 bits per heavy atom. The number of hydrogen-bond acceptors (Lipinski definition) is 7. The Labute approximate surface area is 168 Å². The molecule has 0 radical (unpaired) electrons. The van der Waals surface area contributed by atoms with Gasteiger partial charge in [-0.05, 0) is 36.2 Å². The molecule has 0 aliphatic rings. The fourth-order valence-corrected chi connectivity index (χ4v) is 2.87. The van der Waals surface area contributed by atoms with Crippen molar-refractivity contribution in [3.8, 4) is 11.1 Å². The molecular weight excluding hydrogens is 399 g/mol. The van der Waals surface area contributed by atoms with Crippen LogP contribution in [0.5, 0.6) is 0 Å². The summed E-state index contributed by atoms with van der Waals surface area (Å²) in [5.41, 5.74) is 2.11. The summed E-state index contributed by atoms with van der Waals surface area (Å²) in [5.74, 6) is 0.780. The van der Waals surface area contributed by atoms with Crippen molar-refractivity contribution in [2.45, 2.75) is 26.6 Å². The maximum absolute atomic E-state index is 12.9. The van der Waals surface area contributed by atoms with Gasteiger partial charge in [0, 0.05) is 30.6 Å². The summed E-state index contributed by atoms with van der Waals surface area (Å²) in [4.78, 5) is 7.41. The smallest absolute Gasteiger partial charge is 0.424 e. The van der Waals surface area contributed by atoms with Crippen molar-refractivity contribution in [1.82, 2.24) is 29.9 Å². The first-order chi connectivity index (χ1) is 14.3. The van der Waals surface area contributed by atoms with Gasteiger partial charge in [-0.3, -0.25) is 4.68 Å². The van der Waals surface area contributed by atoms with Crippen LogP contribution in [0.2, 0.25) is 0 Å². The van der Waals surface area contributed by atoms with E-state index in [1.807, 2.05) is 19.2 Å². The molecule has 0 fully saturated rings. The van der Waals surface area contributed by atoms with Gasteiger partial charge in [0.1, 0.15) is 12.2 Å². The Morgan fingerprint density at radius 1 is 1.10 bits per heavy atom. The minimum atomic E-state index is -4.54. The molecule has 4 rings (SSSR count). The normalized spacial score (nSPS) is 11.6. The number of anilines is 2. The Kier molecular flexibility index (Phi) is 4.94. The second-order valence-electron chi connectivity index (χ2n) is 6.62. The van der Waals surface area contributed by atoms with Gasteiger partial charge in [-0.15, -0.1) is 10.2 Å². The van der Waals surface area contributed by atoms with Crippen molar-refractivity contribution < 1.29 is 17.6 Å². The summed E-state index contributed by atoms with van der Waals surface area (Å²) in [7, 11) is 0. The van der Waals surface area contributed by atoms with E-state index in [-0.39, 0.29) is 5.95 Å². The zero-order valence-electron chi connectivity index (χ0n) is 16.0. The molecule has 0 spiro atoms. The van der Waals surface area contributed by atoms with Gasteiger partial charge in [0.25, 0.3) is 0 Å². The fraction of sp³-hybridized carbons (Fsp3) is 0.211. The number of halogens is 3. The summed E-state index contributed by atoms with van der Waals surface area (Å²) in [5, 5.41) is 14.9. The van der Waals surface area contributed by atoms with Crippen molar-refractivity contribution in [1.29, 1.82) is 0 Å². The first-order valence-corrected chi connectivity index (χ1v) is 8.87. The predicted octanol–water partition coefficient (Wildman–Crippen LogP) is 4.15. The number of benzene rings is 1. The van der Waals surface area contributed by atoms with Crippen molar-refractivity contribution in [3.63, 3.8) is 0 Å². The van der Waals surface area contributed by atoms with Crippen molar-refractivity contribution in [3.05, 3.63) is 65.9 Å². The van der Waals surface area contributed by atoms with Crippen molar-refractivity contribution in [2.24, 2.45) is 0 Å². The molecule has 8 nitrogen and oxygen atoms in total. The topological polar surface area (TPSA) is 94.6 Å². The van der Waals surface area contributed by atoms with Crippen LogP contribution in [0.3, 0.4) is 0 Å². The van der Waals surface area contributed by atoms with Gasteiger partial charge in [0.2, 0.25) is 17.7 Å². The van der Waals surface area contributed by atoms with E-state index in [1.54, 1.807) is 29.9 Å². The minimum Gasteiger partial charge on any atom is -0.424 e. The van der Waals surface area contributed by atoms with E-state index in [4.69, 9.17) is 4.42 Å². The molecule has 0 saturated heterocycles. The van der Waals surface area contributed by atoms with E-state index >= 15 is 0 Å². The summed E-state index contributed by atoms with van der Waals surface area (Å²) in [6, 6.07) is 6.34. The van der Waals surface area contributed by atoms with Crippen LogP contribution < -0.4 is 5.32 Å². The van der Waals surface area contributed by atoms with Gasteiger partial charge < -0.3 is 9.73 Å². The largest absolute Gasteiger partial charge is 0.433 e. The van der Waals surface area contributed by atoms with Crippen LogP contribution in [0.15, 0.2) is 47.3 Å². The second-order valence-corrected chi connectivity index (χ2v) is 6.62. The maximum Gasteiger partial charge on any atom is 0.433 e. The van der Waals surface area contributed by atoms with Crippen LogP contribution in [0.4, 0.5) is 24.8 Å². The van der Waals surface area contributed by atoms with E-state index in [9.17, 15) is 13.2 Å². The van der Waals surface area contributed by atoms with Gasteiger partial charge in [-0.1, -0.05) is 6.07 Å². The molecule has 4 aromatic rings. The zero-order valence-corrected chi connectivity index (χ0v) is 16.0. The molecule has 0 amide bonds. The number of nitrogens with zero attached hydrogens (tertiary/aromatic N) is 6. The van der Waals surface area contributed by atoms with E-state index in [0.717, 1.165) is 29.0 Å². The van der Waals surface area contributed by atoms with Gasteiger partial charge in [-0.25, -0.2) is 9.97 Å². The van der Waals surface area contributed by atoms with Gasteiger partial charge in [0.05, 0.1) is 6.20 Å². The lowest BCUT2D eigenvalue weighted by Crippen LogP contribution is -2.10. The highest BCUT2D eigenvalue weighted by Gasteiger charge is 2.32. The van der Waals surface area contributed by atoms with Crippen LogP contribution in [0.25, 0.3) is 11.1 Å². The maximum atomic E-state index is 12.9. The molecule has 154 valence electrons. The summed E-state index contributed by atoms with van der Waals surface area (Å²) in [6.45, 7) is 3.92. The Bertz CT molecular complexity index is 1180. The third kappa shape index (κ3) is 4.45. The molecule has 3 heterocycles. The number of aromatic nitrogens is 6. The van der Waals surface area contributed by atoms with E-state index in [1.165, 1.54) is 0 Å². The molecule has 0 saturated carbocycles. The van der Waals surface area contributed by atoms with Crippen molar-refractivity contribution in [2.75, 3.05) is 5.32 Å². The predicted molar refractivity (Wildman–Crippen MR) is 101 cm³/mol. The lowest BCUT2D eigenvalue weighted by Gasteiger charge is -2.10. The SMILES string of the molecule is Cc1cc(Nc2nccc(C(F)(F)F)n2)cc(-c2cnn(Cc3nnc(C)o3)c2)c1. The number of nitrogens with one attached hydrogen (secondary N) is 1. The summed E-state index contributed by atoms with van der Waals surface area (Å²) < 4.78 is 45.6. The molecule has 0 unspecified atom stereocenters. The number of alkyl halides is 3. The lowest BCUT2D eigenvalue weighted by molar-refractivity contribution is -0.141. The summed E-state index contributed by atoms with van der Waals surface area (Å²) in [6.07, 6.45) is 0.0299. The fourth-order valence-electron chi connectivity index (χ4n) is 2.87. The highest BCUT2D eigenvalue weighted by atomic mass is 19.4. The number of hydrogen-bond donors (Lipinski definition) is 1. The van der Waals surface area contributed by atoms with Crippen LogP contribution >= 0.6 is 0 Å². The molecule has 1 aromatic carbocycles. The average molecular weight is 415 g/mol. The zero-order chi connectivity index (χ0) is 21.3. The van der Waals surface area contributed by atoms with E-state index in [0.29, 0.717) is 24.0 Å². The highest BCUT2D eigenvalue weighted by Crippen LogP contribution is 2.29. The molecular formula is C19H16F3N7O. The molecule has 3 aromatic heterocycles. The quantitative estimate of drug-likeness (QED) is 0.523. The standard InChI is InChI=1S/C19H16F3N7O/c1-11-5-13(14-8-24-29(9-14)10-17-28-27-12(2)30-17)7-15(6-11)25-18-23-4-3-16(26-18)19(20,21)22/h3-9H,10H2,1-2H3,(H,23,25,26). The lowest BCUT2D eigenvalue weighted by atomic mass is 10.1. The molecule has 0 aliphatic heterocycles. The first kappa shape index (κ1) is 19.6. The molecule has 11 heteroatoms. The molecule has 0 aliphatic carbocycles. The first-order valence-electron chi connectivity index (χ1n) is 8.87. The summed E-state index contributed by atoms with van der Waals surface area (Å²) >= 11 is 0. The highest BCUT2D eigenvalue weighted by molar-refractivity contribution is 5.70. The van der Waals surface area contributed by atoms with Crippen LogP contribution in [0, 0.1) is 13.8 Å². The number of aryl methyl sites for hydroxylation is 2. The monoisotopic (exact) mass is 415 g/mol. The Morgan fingerprint density at radius 2 is 1.93 bits per heavy atom. The molecule has 0 bridgehead atoms. The third-order valence-electron chi connectivity index (χ3n) is 4.11. The average Bonchev–Trinajstić information content (AvgIpc) is 3.30. The van der Waals surface area contributed by atoms with Crippen LogP contribution in [-0.4, -0.2) is 29.9 Å². The third-order valence-corrected chi connectivity index (χ3v) is 4.11. The molecule has 1 N–H and O–H groups in total. The second kappa shape index (κ2) is 7.58. The number of rotatable bonds is 5. The van der Waals surface area contributed by atoms with Gasteiger partial charge >= 0.3 is 6.18 Å². The van der Waals surface area contributed by atoms with Crippen LogP contribution in [-0.2, 0) is 12.7 Å². The van der Waals surface area contributed by atoms with Crippen molar-refractivity contribution >= 4 is 11.6 Å². The van der Waals surface area contributed by atoms with Crippen LogP contribution in [0.1, 0.15) is 23.0 Å². The Balaban J connectivity index is 1.57.